The molecule has 27 heavy (non-hydrogen) atoms. The SMILES string of the molecule is CC1(C)c2ccccc2N2CC(=O)NC21C=Cc1ccc2ncccc2c1. The zero-order chi connectivity index (χ0) is 18.6. The summed E-state index contributed by atoms with van der Waals surface area (Å²) in [7, 11) is 0. The quantitative estimate of drug-likeness (QED) is 0.759. The van der Waals surface area contributed by atoms with Gasteiger partial charge in [-0.05, 0) is 41.5 Å². The minimum absolute atomic E-state index is 0.0601. The molecular formula is C23H21N3O. The second-order valence-corrected chi connectivity index (χ2v) is 7.83. The summed E-state index contributed by atoms with van der Waals surface area (Å²) in [5, 5.41) is 4.37. The van der Waals surface area contributed by atoms with Gasteiger partial charge in [0.1, 0.15) is 5.66 Å². The predicted molar refractivity (Wildman–Crippen MR) is 108 cm³/mol. The molecule has 5 rings (SSSR count). The summed E-state index contributed by atoms with van der Waals surface area (Å²) in [6.45, 7) is 4.78. The van der Waals surface area contributed by atoms with Gasteiger partial charge in [0.15, 0.2) is 0 Å². The molecule has 1 amide bonds. The first kappa shape index (κ1) is 16.1. The van der Waals surface area contributed by atoms with Crippen LogP contribution in [0, 0.1) is 0 Å². The van der Waals surface area contributed by atoms with Gasteiger partial charge >= 0.3 is 0 Å². The van der Waals surface area contributed by atoms with Crippen LogP contribution in [0.15, 0.2) is 66.9 Å². The molecule has 0 radical (unpaired) electrons. The molecule has 1 atom stereocenters. The van der Waals surface area contributed by atoms with Gasteiger partial charge in [0, 0.05) is 22.7 Å². The van der Waals surface area contributed by atoms with Gasteiger partial charge in [-0.25, -0.2) is 0 Å². The molecule has 4 heteroatoms. The zero-order valence-electron chi connectivity index (χ0n) is 15.4. The lowest BCUT2D eigenvalue weighted by Crippen LogP contribution is -2.58. The van der Waals surface area contributed by atoms with Crippen molar-refractivity contribution >= 4 is 28.6 Å². The van der Waals surface area contributed by atoms with Gasteiger partial charge in [-0.15, -0.1) is 0 Å². The van der Waals surface area contributed by atoms with Gasteiger partial charge in [0.05, 0.1) is 12.1 Å². The van der Waals surface area contributed by atoms with Crippen molar-refractivity contribution in [2.75, 3.05) is 11.4 Å². The highest BCUT2D eigenvalue weighted by Crippen LogP contribution is 2.52. The Bertz CT molecular complexity index is 1100. The third-order valence-electron chi connectivity index (χ3n) is 6.02. The lowest BCUT2D eigenvalue weighted by molar-refractivity contribution is -0.118. The fourth-order valence-electron chi connectivity index (χ4n) is 4.55. The molecule has 1 aromatic heterocycles. The molecule has 1 unspecified atom stereocenters. The first-order valence-electron chi connectivity index (χ1n) is 9.23. The Hall–Kier alpha value is -3.14. The second-order valence-electron chi connectivity index (χ2n) is 7.83. The van der Waals surface area contributed by atoms with Crippen molar-refractivity contribution in [3.05, 3.63) is 78.0 Å². The molecule has 1 saturated heterocycles. The summed E-state index contributed by atoms with van der Waals surface area (Å²) in [6.07, 6.45) is 6.06. The number of benzene rings is 2. The zero-order valence-corrected chi connectivity index (χ0v) is 15.4. The van der Waals surface area contributed by atoms with E-state index >= 15 is 0 Å². The highest BCUT2D eigenvalue weighted by Gasteiger charge is 2.59. The van der Waals surface area contributed by atoms with E-state index in [0.717, 1.165) is 22.2 Å². The van der Waals surface area contributed by atoms with E-state index in [2.05, 4.69) is 77.6 Å². The van der Waals surface area contributed by atoms with Crippen LogP contribution in [0.5, 0.6) is 0 Å². The number of hydrogen-bond donors (Lipinski definition) is 1. The Labute approximate surface area is 158 Å². The summed E-state index contributed by atoms with van der Waals surface area (Å²) < 4.78 is 0. The number of hydrogen-bond acceptors (Lipinski definition) is 3. The monoisotopic (exact) mass is 355 g/mol. The standard InChI is InChI=1S/C23H21N3O/c1-22(2)18-7-3-4-8-20(18)26-15-21(27)25-23(22,26)12-11-16-9-10-19-17(14-16)6-5-13-24-19/h3-14H,15H2,1-2H3,(H,25,27). The number of nitrogens with zero attached hydrogens (tertiary/aromatic N) is 2. The molecule has 1 N–H and O–H groups in total. The van der Waals surface area contributed by atoms with Crippen LogP contribution in [0.3, 0.4) is 0 Å². The van der Waals surface area contributed by atoms with Crippen LogP contribution in [-0.2, 0) is 10.2 Å². The van der Waals surface area contributed by atoms with Gasteiger partial charge in [-0.1, -0.05) is 50.3 Å². The summed E-state index contributed by atoms with van der Waals surface area (Å²) in [5.74, 6) is 0.0601. The van der Waals surface area contributed by atoms with Crippen molar-refractivity contribution in [3.8, 4) is 0 Å². The summed E-state index contributed by atoms with van der Waals surface area (Å²) in [5.41, 5.74) is 3.67. The number of para-hydroxylation sites is 1. The Morgan fingerprint density at radius 1 is 1.11 bits per heavy atom. The van der Waals surface area contributed by atoms with Gasteiger partial charge in [-0.2, -0.15) is 0 Å². The number of rotatable bonds is 2. The Morgan fingerprint density at radius 3 is 2.85 bits per heavy atom. The van der Waals surface area contributed by atoms with Crippen LogP contribution in [0.2, 0.25) is 0 Å². The third-order valence-corrected chi connectivity index (χ3v) is 6.02. The van der Waals surface area contributed by atoms with Gasteiger partial charge in [0.25, 0.3) is 0 Å². The van der Waals surface area contributed by atoms with E-state index in [-0.39, 0.29) is 11.3 Å². The van der Waals surface area contributed by atoms with E-state index in [1.54, 1.807) is 6.20 Å². The molecule has 3 heterocycles. The highest BCUT2D eigenvalue weighted by atomic mass is 16.2. The molecule has 2 aliphatic rings. The van der Waals surface area contributed by atoms with Crippen LogP contribution >= 0.6 is 0 Å². The maximum Gasteiger partial charge on any atom is 0.241 e. The molecule has 134 valence electrons. The van der Waals surface area contributed by atoms with Crippen molar-refractivity contribution < 1.29 is 4.79 Å². The number of aromatic nitrogens is 1. The summed E-state index contributed by atoms with van der Waals surface area (Å²) in [6, 6.07) is 18.6. The molecule has 0 saturated carbocycles. The lowest BCUT2D eigenvalue weighted by atomic mass is 9.75. The molecular weight excluding hydrogens is 334 g/mol. The number of amides is 1. The van der Waals surface area contributed by atoms with Gasteiger partial charge in [-0.3, -0.25) is 9.78 Å². The van der Waals surface area contributed by atoms with E-state index in [9.17, 15) is 4.79 Å². The smallest absolute Gasteiger partial charge is 0.241 e. The topological polar surface area (TPSA) is 45.2 Å². The molecule has 0 spiro atoms. The first-order chi connectivity index (χ1) is 13.0. The van der Waals surface area contributed by atoms with Crippen LogP contribution < -0.4 is 10.2 Å². The van der Waals surface area contributed by atoms with E-state index in [0.29, 0.717) is 6.54 Å². The number of nitrogens with one attached hydrogen (secondary N) is 1. The van der Waals surface area contributed by atoms with E-state index < -0.39 is 5.66 Å². The Morgan fingerprint density at radius 2 is 1.96 bits per heavy atom. The van der Waals surface area contributed by atoms with Crippen LogP contribution in [0.25, 0.3) is 17.0 Å². The van der Waals surface area contributed by atoms with Crippen molar-refractivity contribution in [1.29, 1.82) is 0 Å². The van der Waals surface area contributed by atoms with E-state index in [1.807, 2.05) is 18.2 Å². The van der Waals surface area contributed by atoms with Crippen molar-refractivity contribution in [2.24, 2.45) is 0 Å². The largest absolute Gasteiger partial charge is 0.335 e. The molecule has 4 nitrogen and oxygen atoms in total. The van der Waals surface area contributed by atoms with Crippen LogP contribution in [-0.4, -0.2) is 23.1 Å². The highest BCUT2D eigenvalue weighted by molar-refractivity contribution is 5.92. The molecule has 2 aliphatic heterocycles. The molecule has 1 fully saturated rings. The molecule has 2 aromatic carbocycles. The predicted octanol–water partition coefficient (Wildman–Crippen LogP) is 3.87. The van der Waals surface area contributed by atoms with Gasteiger partial charge in [0.2, 0.25) is 5.91 Å². The van der Waals surface area contributed by atoms with E-state index in [1.165, 1.54) is 5.56 Å². The minimum Gasteiger partial charge on any atom is -0.335 e. The normalized spacial score (nSPS) is 22.9. The molecule has 3 aromatic rings. The fraction of sp³-hybridized carbons (Fsp3) is 0.217. The van der Waals surface area contributed by atoms with Gasteiger partial charge < -0.3 is 10.2 Å². The third kappa shape index (κ3) is 2.16. The maximum atomic E-state index is 12.4. The Balaban J connectivity index is 1.61. The van der Waals surface area contributed by atoms with Crippen molar-refractivity contribution in [1.82, 2.24) is 10.3 Å². The Kier molecular flexibility index (Phi) is 3.23. The number of fused-ring (bicyclic) bond motifs is 4. The average molecular weight is 355 g/mol. The first-order valence-corrected chi connectivity index (χ1v) is 9.23. The summed E-state index contributed by atoms with van der Waals surface area (Å²) in [4.78, 5) is 18.9. The molecule has 0 aliphatic carbocycles. The van der Waals surface area contributed by atoms with Crippen molar-refractivity contribution in [3.63, 3.8) is 0 Å². The summed E-state index contributed by atoms with van der Waals surface area (Å²) >= 11 is 0. The second kappa shape index (κ2) is 5.43. The number of pyridine rings is 1. The number of anilines is 1. The lowest BCUT2D eigenvalue weighted by Gasteiger charge is -2.40. The fourth-order valence-corrected chi connectivity index (χ4v) is 4.55. The number of carbonyl (C=O) groups excluding carboxylic acids is 1. The molecule has 0 bridgehead atoms. The number of carbonyl (C=O) groups is 1. The van der Waals surface area contributed by atoms with Crippen LogP contribution in [0.1, 0.15) is 25.0 Å². The van der Waals surface area contributed by atoms with Crippen LogP contribution in [0.4, 0.5) is 5.69 Å². The van der Waals surface area contributed by atoms with E-state index in [4.69, 9.17) is 0 Å². The van der Waals surface area contributed by atoms with Crippen molar-refractivity contribution in [2.45, 2.75) is 24.9 Å². The average Bonchev–Trinajstić information content (AvgIpc) is 3.11. The maximum absolute atomic E-state index is 12.4. The minimum atomic E-state index is -0.558.